The Morgan fingerprint density at radius 1 is 1.17 bits per heavy atom. The van der Waals surface area contributed by atoms with Crippen LogP contribution >= 0.6 is 0 Å². The molecular weight excluding hydrogens is 320 g/mol. The van der Waals surface area contributed by atoms with E-state index in [9.17, 15) is 17.2 Å². The van der Waals surface area contributed by atoms with Gasteiger partial charge >= 0.3 is 0 Å². The van der Waals surface area contributed by atoms with Gasteiger partial charge < -0.3 is 4.90 Å². The van der Waals surface area contributed by atoms with Crippen LogP contribution in [0.3, 0.4) is 0 Å². The van der Waals surface area contributed by atoms with Crippen LogP contribution in [0.4, 0.5) is 8.78 Å². The molecule has 0 amide bonds. The molecule has 0 radical (unpaired) electrons. The standard InChI is InChI=1S/C17H23F2NO2S/c1-13(8-14-2-3-15(18)16(19)9-14)10-20-6-4-17(5-7-20)11-23(21,22)12-17/h2-3,9,13H,4-8,10-12H2,1H3/t13-/m1/s1. The highest BCUT2D eigenvalue weighted by atomic mass is 32.2. The van der Waals surface area contributed by atoms with Crippen molar-refractivity contribution in [3.05, 3.63) is 35.4 Å². The molecule has 2 aliphatic heterocycles. The number of hydrogen-bond acceptors (Lipinski definition) is 3. The highest BCUT2D eigenvalue weighted by Crippen LogP contribution is 2.42. The van der Waals surface area contributed by atoms with Gasteiger partial charge in [-0.05, 0) is 56.0 Å². The first-order valence-corrected chi connectivity index (χ1v) is 9.96. The van der Waals surface area contributed by atoms with Gasteiger partial charge in [0.2, 0.25) is 0 Å². The molecule has 0 aromatic heterocycles. The smallest absolute Gasteiger partial charge is 0.159 e. The molecule has 2 heterocycles. The number of hydrogen-bond donors (Lipinski definition) is 0. The number of rotatable bonds is 4. The van der Waals surface area contributed by atoms with Crippen molar-refractivity contribution in [3.63, 3.8) is 0 Å². The zero-order valence-electron chi connectivity index (χ0n) is 13.4. The van der Waals surface area contributed by atoms with Crippen molar-refractivity contribution in [2.75, 3.05) is 31.1 Å². The van der Waals surface area contributed by atoms with Crippen molar-refractivity contribution in [2.24, 2.45) is 11.3 Å². The van der Waals surface area contributed by atoms with Crippen LogP contribution in [0.2, 0.25) is 0 Å². The molecule has 2 saturated heterocycles. The topological polar surface area (TPSA) is 37.4 Å². The van der Waals surface area contributed by atoms with Crippen LogP contribution in [0.15, 0.2) is 18.2 Å². The normalized spacial score (nSPS) is 24.3. The number of likely N-dealkylation sites (tertiary alicyclic amines) is 1. The van der Waals surface area contributed by atoms with Crippen molar-refractivity contribution >= 4 is 9.84 Å². The number of piperidine rings is 1. The molecule has 2 fully saturated rings. The van der Waals surface area contributed by atoms with Crippen molar-refractivity contribution in [1.29, 1.82) is 0 Å². The second-order valence-electron chi connectivity index (χ2n) is 7.39. The molecule has 1 spiro atoms. The Morgan fingerprint density at radius 3 is 2.39 bits per heavy atom. The lowest BCUT2D eigenvalue weighted by molar-refractivity contribution is 0.113. The number of benzene rings is 1. The monoisotopic (exact) mass is 343 g/mol. The average molecular weight is 343 g/mol. The van der Waals surface area contributed by atoms with Crippen LogP contribution in [0, 0.1) is 23.0 Å². The van der Waals surface area contributed by atoms with Crippen molar-refractivity contribution in [1.82, 2.24) is 4.90 Å². The van der Waals surface area contributed by atoms with E-state index in [1.807, 2.05) is 0 Å². The summed E-state index contributed by atoms with van der Waals surface area (Å²) in [5.41, 5.74) is 0.855. The van der Waals surface area contributed by atoms with E-state index in [1.54, 1.807) is 6.07 Å². The van der Waals surface area contributed by atoms with E-state index in [4.69, 9.17) is 0 Å². The van der Waals surface area contributed by atoms with Gasteiger partial charge in [-0.2, -0.15) is 0 Å². The van der Waals surface area contributed by atoms with Gasteiger partial charge in [-0.15, -0.1) is 0 Å². The zero-order chi connectivity index (χ0) is 16.7. The first kappa shape index (κ1) is 16.8. The molecule has 3 rings (SSSR count). The third-order valence-corrected chi connectivity index (χ3v) is 7.21. The molecule has 0 unspecified atom stereocenters. The molecule has 23 heavy (non-hydrogen) atoms. The predicted octanol–water partition coefficient (Wildman–Crippen LogP) is 2.65. The van der Waals surface area contributed by atoms with Gasteiger partial charge in [0.15, 0.2) is 21.5 Å². The third-order valence-electron chi connectivity index (χ3n) is 5.11. The first-order valence-electron chi connectivity index (χ1n) is 8.14. The Labute approximate surface area is 136 Å². The van der Waals surface area contributed by atoms with Gasteiger partial charge in [0, 0.05) is 12.0 Å². The van der Waals surface area contributed by atoms with Gasteiger partial charge in [-0.25, -0.2) is 17.2 Å². The fraction of sp³-hybridized carbons (Fsp3) is 0.647. The van der Waals surface area contributed by atoms with E-state index in [2.05, 4.69) is 11.8 Å². The Kier molecular flexibility index (Phi) is 4.49. The van der Waals surface area contributed by atoms with Crippen LogP contribution < -0.4 is 0 Å². The molecule has 1 aromatic carbocycles. The minimum atomic E-state index is -2.76. The largest absolute Gasteiger partial charge is 0.303 e. The average Bonchev–Trinajstić information content (AvgIpc) is 2.43. The van der Waals surface area contributed by atoms with Crippen LogP contribution in [0.25, 0.3) is 0 Å². The van der Waals surface area contributed by atoms with E-state index >= 15 is 0 Å². The molecule has 6 heteroatoms. The number of nitrogens with zero attached hydrogens (tertiary/aromatic N) is 1. The molecule has 0 saturated carbocycles. The summed E-state index contributed by atoms with van der Waals surface area (Å²) in [4.78, 5) is 2.36. The van der Waals surface area contributed by atoms with E-state index in [0.29, 0.717) is 23.8 Å². The van der Waals surface area contributed by atoms with Crippen molar-refractivity contribution in [2.45, 2.75) is 26.2 Å². The van der Waals surface area contributed by atoms with Crippen LogP contribution in [-0.2, 0) is 16.3 Å². The van der Waals surface area contributed by atoms with Gasteiger partial charge in [-0.1, -0.05) is 13.0 Å². The lowest BCUT2D eigenvalue weighted by atomic mass is 9.81. The minimum Gasteiger partial charge on any atom is -0.303 e. The van der Waals surface area contributed by atoms with E-state index < -0.39 is 21.5 Å². The Balaban J connectivity index is 1.48. The van der Waals surface area contributed by atoms with Gasteiger partial charge in [0.1, 0.15) is 0 Å². The maximum Gasteiger partial charge on any atom is 0.159 e. The summed E-state index contributed by atoms with van der Waals surface area (Å²) in [6.45, 7) is 4.87. The number of sulfone groups is 1. The maximum absolute atomic E-state index is 13.2. The van der Waals surface area contributed by atoms with Crippen LogP contribution in [-0.4, -0.2) is 44.5 Å². The highest BCUT2D eigenvalue weighted by Gasteiger charge is 2.49. The van der Waals surface area contributed by atoms with Crippen molar-refractivity contribution < 1.29 is 17.2 Å². The lowest BCUT2D eigenvalue weighted by Gasteiger charge is -2.47. The zero-order valence-corrected chi connectivity index (χ0v) is 14.2. The SMILES string of the molecule is C[C@H](Cc1ccc(F)c(F)c1)CN1CCC2(CC1)CS(=O)(=O)C2. The van der Waals surface area contributed by atoms with E-state index in [1.165, 1.54) is 12.1 Å². The maximum atomic E-state index is 13.2. The Bertz CT molecular complexity index is 668. The summed E-state index contributed by atoms with van der Waals surface area (Å²) >= 11 is 0. The third kappa shape index (κ3) is 3.91. The molecule has 2 aliphatic rings. The van der Waals surface area contributed by atoms with Gasteiger partial charge in [0.25, 0.3) is 0 Å². The molecule has 0 aliphatic carbocycles. The second-order valence-corrected chi connectivity index (χ2v) is 9.46. The summed E-state index contributed by atoms with van der Waals surface area (Å²) in [5, 5.41) is 0. The summed E-state index contributed by atoms with van der Waals surface area (Å²) in [6, 6.07) is 4.09. The molecule has 0 N–H and O–H groups in total. The first-order chi connectivity index (χ1) is 10.8. The molecule has 128 valence electrons. The lowest BCUT2D eigenvalue weighted by Crippen LogP contribution is -2.55. The summed E-state index contributed by atoms with van der Waals surface area (Å²) in [5.74, 6) is -0.533. The fourth-order valence-corrected chi connectivity index (χ4v) is 6.32. The fourth-order valence-electron chi connectivity index (χ4n) is 3.96. The number of halogens is 2. The summed E-state index contributed by atoms with van der Waals surface area (Å²) in [7, 11) is -2.76. The summed E-state index contributed by atoms with van der Waals surface area (Å²) in [6.07, 6.45) is 2.61. The minimum absolute atomic E-state index is 0.0403. The molecule has 3 nitrogen and oxygen atoms in total. The Hall–Kier alpha value is -1.01. The molecular formula is C17H23F2NO2S. The van der Waals surface area contributed by atoms with Gasteiger partial charge in [-0.3, -0.25) is 0 Å². The molecule has 1 atom stereocenters. The second kappa shape index (κ2) is 6.13. The Morgan fingerprint density at radius 2 is 1.83 bits per heavy atom. The van der Waals surface area contributed by atoms with E-state index in [0.717, 1.165) is 38.0 Å². The van der Waals surface area contributed by atoms with Crippen LogP contribution in [0.5, 0.6) is 0 Å². The van der Waals surface area contributed by atoms with Gasteiger partial charge in [0.05, 0.1) is 11.5 Å². The quantitative estimate of drug-likeness (QED) is 0.843. The van der Waals surface area contributed by atoms with Crippen LogP contribution in [0.1, 0.15) is 25.3 Å². The molecule has 1 aromatic rings. The van der Waals surface area contributed by atoms with E-state index in [-0.39, 0.29) is 5.41 Å². The molecule has 0 bridgehead atoms. The summed E-state index contributed by atoms with van der Waals surface area (Å²) < 4.78 is 49.0. The van der Waals surface area contributed by atoms with Crippen molar-refractivity contribution in [3.8, 4) is 0 Å². The predicted molar refractivity (Wildman–Crippen MR) is 86.0 cm³/mol. The highest BCUT2D eigenvalue weighted by molar-refractivity contribution is 7.92.